The molecule has 0 fully saturated rings. The monoisotopic (exact) mass is 657 g/mol. The van der Waals surface area contributed by atoms with Crippen LogP contribution in [0.1, 0.15) is 19.4 Å². The van der Waals surface area contributed by atoms with Gasteiger partial charge in [-0.15, -0.1) is 0 Å². The number of nitrogens with zero attached hydrogens (tertiary/aromatic N) is 3. The summed E-state index contributed by atoms with van der Waals surface area (Å²) < 4.78 is 0. The van der Waals surface area contributed by atoms with Gasteiger partial charge in [0.05, 0.1) is 5.69 Å². The summed E-state index contributed by atoms with van der Waals surface area (Å²) >= 11 is 0. The van der Waals surface area contributed by atoms with Crippen LogP contribution in [0.15, 0.2) is 199 Å². The molecule has 0 aliphatic carbocycles. The fourth-order valence-corrected chi connectivity index (χ4v) is 7.41. The van der Waals surface area contributed by atoms with Crippen LogP contribution < -0.4 is 9.80 Å². The molecule has 1 aliphatic rings. The van der Waals surface area contributed by atoms with Crippen molar-refractivity contribution in [3.63, 3.8) is 0 Å². The normalized spacial score (nSPS) is 13.5. The lowest BCUT2D eigenvalue weighted by Gasteiger charge is -2.41. The van der Waals surface area contributed by atoms with Crippen LogP contribution in [0, 0.1) is 0 Å². The number of rotatable bonds is 8. The molecule has 0 spiro atoms. The van der Waals surface area contributed by atoms with E-state index in [1.807, 2.05) is 12.1 Å². The number of hydrogen-bond acceptors (Lipinski definition) is 3. The highest BCUT2D eigenvalue weighted by Gasteiger charge is 2.38. The van der Waals surface area contributed by atoms with Crippen molar-refractivity contribution in [1.82, 2.24) is 0 Å². The van der Waals surface area contributed by atoms with Crippen molar-refractivity contribution >= 4 is 45.9 Å². The van der Waals surface area contributed by atoms with Gasteiger partial charge >= 0.3 is 0 Å². The predicted octanol–water partition coefficient (Wildman–Crippen LogP) is 13.2. The summed E-state index contributed by atoms with van der Waals surface area (Å²) in [6.07, 6.45) is 1.93. The second kappa shape index (κ2) is 13.1. The van der Waals surface area contributed by atoms with Gasteiger partial charge in [0.25, 0.3) is 0 Å². The number of allylic oxidation sites excluding steroid dienone is 2. The van der Waals surface area contributed by atoms with Gasteiger partial charge in [0.1, 0.15) is 5.82 Å². The van der Waals surface area contributed by atoms with Crippen LogP contribution in [0.3, 0.4) is 0 Å². The number of aliphatic imine (C=N–C) groups is 1. The summed E-state index contributed by atoms with van der Waals surface area (Å²) in [6, 6.07) is 60.6. The van der Waals surface area contributed by atoms with Gasteiger partial charge in [-0.3, -0.25) is 4.90 Å². The standard InChI is InChI=1S/C48H39N3/c1-5-44-47(49-4)51(40-18-10-7-11-19-40)46-31-25-39(33-45(46)48(44,2)3)37-22-28-42(29-23-37)50(43-30-24-35-16-12-13-17-38(35)32-43)41-26-20-36(21-27-41)34-14-8-6-9-15-34/h5-33H,1,4H2,2-3H3. The maximum atomic E-state index is 4.53. The molecule has 246 valence electrons. The second-order valence-corrected chi connectivity index (χ2v) is 13.5. The van der Waals surface area contributed by atoms with Gasteiger partial charge in [-0.1, -0.05) is 136 Å². The van der Waals surface area contributed by atoms with Gasteiger partial charge in [0.15, 0.2) is 0 Å². The average Bonchev–Trinajstić information content (AvgIpc) is 3.19. The Bertz CT molecular complexity index is 2400. The molecule has 1 heterocycles. The van der Waals surface area contributed by atoms with Crippen molar-refractivity contribution in [2.45, 2.75) is 19.3 Å². The van der Waals surface area contributed by atoms with E-state index in [1.165, 1.54) is 27.5 Å². The van der Waals surface area contributed by atoms with Gasteiger partial charge in [-0.2, -0.15) is 0 Å². The molecule has 0 radical (unpaired) electrons. The largest absolute Gasteiger partial charge is 0.310 e. The molecule has 0 N–H and O–H groups in total. The summed E-state index contributed by atoms with van der Waals surface area (Å²) in [6.45, 7) is 12.6. The van der Waals surface area contributed by atoms with Gasteiger partial charge in [0.2, 0.25) is 0 Å². The highest BCUT2D eigenvalue weighted by Crippen LogP contribution is 2.50. The zero-order chi connectivity index (χ0) is 35.0. The Kier molecular flexibility index (Phi) is 8.17. The predicted molar refractivity (Wildman–Crippen MR) is 218 cm³/mol. The molecule has 3 heteroatoms. The molecule has 0 unspecified atom stereocenters. The van der Waals surface area contributed by atoms with Crippen LogP contribution in [0.2, 0.25) is 0 Å². The minimum absolute atomic E-state index is 0.326. The van der Waals surface area contributed by atoms with Crippen LogP contribution in [-0.2, 0) is 5.41 Å². The average molecular weight is 658 g/mol. The smallest absolute Gasteiger partial charge is 0.140 e. The highest BCUT2D eigenvalue weighted by molar-refractivity contribution is 5.90. The molecular formula is C48H39N3. The van der Waals surface area contributed by atoms with E-state index in [-0.39, 0.29) is 5.41 Å². The molecule has 0 saturated carbocycles. The van der Waals surface area contributed by atoms with Crippen molar-refractivity contribution < 1.29 is 0 Å². The van der Waals surface area contributed by atoms with Crippen LogP contribution in [-0.4, -0.2) is 6.72 Å². The molecule has 1 aliphatic heterocycles. The number of benzene rings is 7. The van der Waals surface area contributed by atoms with Crippen LogP contribution in [0.4, 0.5) is 28.4 Å². The van der Waals surface area contributed by atoms with E-state index in [9.17, 15) is 0 Å². The Morgan fingerprint density at radius 1 is 0.549 bits per heavy atom. The summed E-state index contributed by atoms with van der Waals surface area (Å²) in [4.78, 5) is 9.06. The van der Waals surface area contributed by atoms with Gasteiger partial charge < -0.3 is 4.90 Å². The Morgan fingerprint density at radius 2 is 1.08 bits per heavy atom. The lowest BCUT2D eigenvalue weighted by Crippen LogP contribution is -2.33. The third kappa shape index (κ3) is 5.73. The van der Waals surface area contributed by atoms with E-state index in [0.717, 1.165) is 51.0 Å². The molecule has 0 bridgehead atoms. The van der Waals surface area contributed by atoms with Crippen LogP contribution >= 0.6 is 0 Å². The van der Waals surface area contributed by atoms with Crippen molar-refractivity contribution in [3.8, 4) is 22.3 Å². The van der Waals surface area contributed by atoms with Crippen molar-refractivity contribution in [1.29, 1.82) is 0 Å². The zero-order valence-electron chi connectivity index (χ0n) is 29.0. The highest BCUT2D eigenvalue weighted by atomic mass is 15.2. The number of para-hydroxylation sites is 1. The molecule has 51 heavy (non-hydrogen) atoms. The van der Waals surface area contributed by atoms with Crippen molar-refractivity contribution in [2.24, 2.45) is 4.99 Å². The van der Waals surface area contributed by atoms with E-state index in [2.05, 4.69) is 206 Å². The third-order valence-corrected chi connectivity index (χ3v) is 10.1. The van der Waals surface area contributed by atoms with Gasteiger partial charge in [-0.25, -0.2) is 4.99 Å². The lowest BCUT2D eigenvalue weighted by atomic mass is 9.73. The molecule has 8 rings (SSSR count). The van der Waals surface area contributed by atoms with E-state index < -0.39 is 0 Å². The molecule has 0 aromatic heterocycles. The minimum atomic E-state index is -0.326. The summed E-state index contributed by atoms with van der Waals surface area (Å²) in [5.41, 5.74) is 12.1. The van der Waals surface area contributed by atoms with E-state index >= 15 is 0 Å². The molecule has 7 aromatic rings. The Hall–Kier alpha value is -6.45. The summed E-state index contributed by atoms with van der Waals surface area (Å²) in [5, 5.41) is 2.43. The Labute approximate surface area is 300 Å². The van der Waals surface area contributed by atoms with E-state index in [1.54, 1.807) is 0 Å². The molecule has 7 aromatic carbocycles. The maximum Gasteiger partial charge on any atom is 0.140 e. The van der Waals surface area contributed by atoms with Crippen molar-refractivity contribution in [2.75, 3.05) is 9.80 Å². The first kappa shape index (κ1) is 31.8. The maximum absolute atomic E-state index is 4.53. The SMILES string of the molecule is C=CC1=C(N=C)N(c2ccccc2)c2ccc(-c3ccc(N(c4ccc(-c5ccccc5)cc4)c4ccc5ccccc5c4)cc3)cc2C1(C)C. The first-order valence-electron chi connectivity index (χ1n) is 17.3. The Morgan fingerprint density at radius 3 is 1.71 bits per heavy atom. The Balaban J connectivity index is 1.20. The molecule has 0 atom stereocenters. The van der Waals surface area contributed by atoms with Crippen LogP contribution in [0.25, 0.3) is 33.0 Å². The minimum Gasteiger partial charge on any atom is -0.310 e. The topological polar surface area (TPSA) is 18.8 Å². The first-order chi connectivity index (χ1) is 25.0. The quantitative estimate of drug-likeness (QED) is 0.151. The lowest BCUT2D eigenvalue weighted by molar-refractivity contribution is 0.616. The fourth-order valence-electron chi connectivity index (χ4n) is 7.41. The fraction of sp³-hybridized carbons (Fsp3) is 0.0625. The van der Waals surface area contributed by atoms with Gasteiger partial charge in [0, 0.05) is 33.7 Å². The third-order valence-electron chi connectivity index (χ3n) is 10.1. The van der Waals surface area contributed by atoms with Gasteiger partial charge in [-0.05, 0) is 106 Å². The second-order valence-electron chi connectivity index (χ2n) is 13.5. The molecule has 0 amide bonds. The number of hydrogen-bond donors (Lipinski definition) is 0. The van der Waals surface area contributed by atoms with E-state index in [4.69, 9.17) is 0 Å². The first-order valence-corrected chi connectivity index (χ1v) is 17.3. The molecule has 0 saturated heterocycles. The zero-order valence-corrected chi connectivity index (χ0v) is 29.0. The van der Waals surface area contributed by atoms with Crippen LogP contribution in [0.5, 0.6) is 0 Å². The molecular weight excluding hydrogens is 619 g/mol. The van der Waals surface area contributed by atoms with E-state index in [0.29, 0.717) is 0 Å². The van der Waals surface area contributed by atoms with Crippen molar-refractivity contribution in [3.05, 3.63) is 199 Å². The summed E-state index contributed by atoms with van der Waals surface area (Å²) in [7, 11) is 0. The number of fused-ring (bicyclic) bond motifs is 2. The molecule has 3 nitrogen and oxygen atoms in total. The number of anilines is 5. The summed E-state index contributed by atoms with van der Waals surface area (Å²) in [5.74, 6) is 0.816.